The molecule has 0 atom stereocenters. The highest BCUT2D eigenvalue weighted by atomic mass is 16.2. The standard InChI is InChI=1S/C19H28N4O2/c1-15(24)23(12-9-19(25)20-10-13-22(2)3)11-8-16-14-21-18-7-5-4-6-17(16)18/h4-7,14,21H,8-13H2,1-3H3,(H,20,25). The Labute approximate surface area is 149 Å². The molecule has 0 fully saturated rings. The van der Waals surface area contributed by atoms with Crippen LogP contribution in [0.3, 0.4) is 0 Å². The third-order valence-electron chi connectivity index (χ3n) is 4.26. The molecular formula is C19H28N4O2. The van der Waals surface area contributed by atoms with E-state index in [-0.39, 0.29) is 11.8 Å². The van der Waals surface area contributed by atoms with Gasteiger partial charge in [0.1, 0.15) is 0 Å². The summed E-state index contributed by atoms with van der Waals surface area (Å²) < 4.78 is 0. The average Bonchev–Trinajstić information content (AvgIpc) is 2.97. The van der Waals surface area contributed by atoms with Crippen molar-refractivity contribution in [2.75, 3.05) is 40.3 Å². The number of aromatic amines is 1. The highest BCUT2D eigenvalue weighted by Crippen LogP contribution is 2.18. The number of fused-ring (bicyclic) bond motifs is 1. The minimum Gasteiger partial charge on any atom is -0.361 e. The third kappa shape index (κ3) is 5.90. The number of aromatic nitrogens is 1. The number of benzene rings is 1. The lowest BCUT2D eigenvalue weighted by Gasteiger charge is -2.21. The van der Waals surface area contributed by atoms with Crippen LogP contribution in [0, 0.1) is 0 Å². The van der Waals surface area contributed by atoms with E-state index in [1.807, 2.05) is 43.4 Å². The monoisotopic (exact) mass is 344 g/mol. The maximum absolute atomic E-state index is 11.9. The second-order valence-corrected chi connectivity index (χ2v) is 6.52. The molecule has 2 N–H and O–H groups in total. The predicted octanol–water partition coefficient (Wildman–Crippen LogP) is 1.63. The van der Waals surface area contributed by atoms with Gasteiger partial charge in [0.25, 0.3) is 0 Å². The molecule has 0 spiro atoms. The number of rotatable bonds is 9. The minimum absolute atomic E-state index is 0.000864. The predicted molar refractivity (Wildman–Crippen MR) is 100 cm³/mol. The molecule has 2 amide bonds. The quantitative estimate of drug-likeness (QED) is 0.726. The number of carbonyl (C=O) groups excluding carboxylic acids is 2. The first kappa shape index (κ1) is 19.0. The van der Waals surface area contributed by atoms with E-state index in [4.69, 9.17) is 0 Å². The Morgan fingerprint density at radius 3 is 2.60 bits per heavy atom. The molecule has 136 valence electrons. The van der Waals surface area contributed by atoms with Crippen LogP contribution in [0.5, 0.6) is 0 Å². The summed E-state index contributed by atoms with van der Waals surface area (Å²) in [5, 5.41) is 4.07. The summed E-state index contributed by atoms with van der Waals surface area (Å²) in [4.78, 5) is 30.8. The molecule has 0 aliphatic heterocycles. The lowest BCUT2D eigenvalue weighted by atomic mass is 10.1. The Bertz CT molecular complexity index is 708. The molecule has 0 radical (unpaired) electrons. The molecule has 1 heterocycles. The van der Waals surface area contributed by atoms with Gasteiger partial charge in [-0.05, 0) is 32.1 Å². The number of para-hydroxylation sites is 1. The van der Waals surface area contributed by atoms with Crippen molar-refractivity contribution in [2.24, 2.45) is 0 Å². The van der Waals surface area contributed by atoms with Crippen LogP contribution in [-0.4, -0.2) is 66.9 Å². The first-order valence-corrected chi connectivity index (χ1v) is 8.69. The highest BCUT2D eigenvalue weighted by Gasteiger charge is 2.12. The van der Waals surface area contributed by atoms with Gasteiger partial charge < -0.3 is 20.1 Å². The van der Waals surface area contributed by atoms with E-state index in [0.29, 0.717) is 26.1 Å². The van der Waals surface area contributed by atoms with Crippen molar-refractivity contribution in [3.8, 4) is 0 Å². The number of carbonyl (C=O) groups is 2. The van der Waals surface area contributed by atoms with Crippen LogP contribution in [0.15, 0.2) is 30.5 Å². The van der Waals surface area contributed by atoms with Gasteiger partial charge in [0, 0.05) is 56.6 Å². The van der Waals surface area contributed by atoms with E-state index < -0.39 is 0 Å². The van der Waals surface area contributed by atoms with Gasteiger partial charge in [-0.2, -0.15) is 0 Å². The molecule has 6 nitrogen and oxygen atoms in total. The fraction of sp³-hybridized carbons (Fsp3) is 0.474. The zero-order chi connectivity index (χ0) is 18.2. The van der Waals surface area contributed by atoms with Gasteiger partial charge in [-0.3, -0.25) is 9.59 Å². The molecule has 0 aliphatic carbocycles. The van der Waals surface area contributed by atoms with Gasteiger partial charge in [0.2, 0.25) is 11.8 Å². The molecule has 25 heavy (non-hydrogen) atoms. The molecule has 0 unspecified atom stereocenters. The molecule has 0 bridgehead atoms. The van der Waals surface area contributed by atoms with Gasteiger partial charge in [-0.1, -0.05) is 18.2 Å². The van der Waals surface area contributed by atoms with Gasteiger partial charge in [-0.25, -0.2) is 0 Å². The number of hydrogen-bond acceptors (Lipinski definition) is 3. The van der Waals surface area contributed by atoms with Crippen molar-refractivity contribution >= 4 is 22.7 Å². The van der Waals surface area contributed by atoms with Crippen LogP contribution in [0.25, 0.3) is 10.9 Å². The summed E-state index contributed by atoms with van der Waals surface area (Å²) in [6, 6.07) is 8.14. The van der Waals surface area contributed by atoms with Crippen LogP contribution >= 0.6 is 0 Å². The van der Waals surface area contributed by atoms with Crippen molar-refractivity contribution in [2.45, 2.75) is 19.8 Å². The molecule has 0 aliphatic rings. The van der Waals surface area contributed by atoms with Crippen LogP contribution in [0.1, 0.15) is 18.9 Å². The number of nitrogens with one attached hydrogen (secondary N) is 2. The summed E-state index contributed by atoms with van der Waals surface area (Å²) in [6.45, 7) is 4.05. The minimum atomic E-state index is -0.0137. The second-order valence-electron chi connectivity index (χ2n) is 6.52. The zero-order valence-corrected chi connectivity index (χ0v) is 15.3. The van der Waals surface area contributed by atoms with Crippen LogP contribution < -0.4 is 5.32 Å². The SMILES string of the molecule is CC(=O)N(CCC(=O)NCCN(C)C)CCc1c[nH]c2ccccc12. The van der Waals surface area contributed by atoms with Gasteiger partial charge in [0.15, 0.2) is 0 Å². The maximum atomic E-state index is 11.9. The fourth-order valence-corrected chi connectivity index (χ4v) is 2.76. The van der Waals surface area contributed by atoms with E-state index >= 15 is 0 Å². The molecule has 2 rings (SSSR count). The number of hydrogen-bond donors (Lipinski definition) is 2. The van der Waals surface area contributed by atoms with E-state index in [2.05, 4.69) is 16.4 Å². The molecule has 0 saturated carbocycles. The van der Waals surface area contributed by atoms with Crippen molar-refractivity contribution in [1.29, 1.82) is 0 Å². The topological polar surface area (TPSA) is 68.4 Å². The fourth-order valence-electron chi connectivity index (χ4n) is 2.76. The molecule has 0 saturated heterocycles. The van der Waals surface area contributed by atoms with E-state index in [9.17, 15) is 9.59 Å². The summed E-state index contributed by atoms with van der Waals surface area (Å²) in [7, 11) is 3.93. The Balaban J connectivity index is 1.82. The molecule has 6 heteroatoms. The molecule has 1 aromatic carbocycles. The van der Waals surface area contributed by atoms with E-state index in [1.54, 1.807) is 11.8 Å². The number of nitrogens with zero attached hydrogens (tertiary/aromatic N) is 2. The molecule has 2 aromatic rings. The summed E-state index contributed by atoms with van der Waals surface area (Å²) >= 11 is 0. The van der Waals surface area contributed by atoms with Gasteiger partial charge in [0.05, 0.1) is 0 Å². The molecule has 1 aromatic heterocycles. The Kier molecular flexibility index (Phi) is 7.01. The lowest BCUT2D eigenvalue weighted by Crippen LogP contribution is -2.36. The Morgan fingerprint density at radius 1 is 1.12 bits per heavy atom. The summed E-state index contributed by atoms with van der Waals surface area (Å²) in [5.74, 6) is -0.0128. The first-order chi connectivity index (χ1) is 12.0. The zero-order valence-electron chi connectivity index (χ0n) is 15.3. The largest absolute Gasteiger partial charge is 0.361 e. The Morgan fingerprint density at radius 2 is 1.88 bits per heavy atom. The van der Waals surface area contributed by atoms with Crippen molar-refractivity contribution in [1.82, 2.24) is 20.1 Å². The van der Waals surface area contributed by atoms with E-state index in [1.165, 1.54) is 10.9 Å². The van der Waals surface area contributed by atoms with Crippen molar-refractivity contribution in [3.05, 3.63) is 36.0 Å². The lowest BCUT2D eigenvalue weighted by molar-refractivity contribution is -0.129. The van der Waals surface area contributed by atoms with Gasteiger partial charge >= 0.3 is 0 Å². The van der Waals surface area contributed by atoms with Crippen LogP contribution in [0.4, 0.5) is 0 Å². The highest BCUT2D eigenvalue weighted by molar-refractivity contribution is 5.83. The maximum Gasteiger partial charge on any atom is 0.221 e. The average molecular weight is 344 g/mol. The van der Waals surface area contributed by atoms with Crippen molar-refractivity contribution < 1.29 is 9.59 Å². The van der Waals surface area contributed by atoms with Crippen LogP contribution in [-0.2, 0) is 16.0 Å². The smallest absolute Gasteiger partial charge is 0.221 e. The molecular weight excluding hydrogens is 316 g/mol. The summed E-state index contributed by atoms with van der Waals surface area (Å²) in [6.07, 6.45) is 3.10. The van der Waals surface area contributed by atoms with E-state index in [0.717, 1.165) is 18.5 Å². The second kappa shape index (κ2) is 9.22. The number of likely N-dealkylation sites (N-methyl/N-ethyl adjacent to an activating group) is 1. The number of H-pyrrole nitrogens is 1. The normalized spacial score (nSPS) is 11.0. The Hall–Kier alpha value is -2.34. The summed E-state index contributed by atoms with van der Waals surface area (Å²) in [5.41, 5.74) is 2.30. The first-order valence-electron chi connectivity index (χ1n) is 8.69. The number of amides is 2. The van der Waals surface area contributed by atoms with Crippen molar-refractivity contribution in [3.63, 3.8) is 0 Å². The van der Waals surface area contributed by atoms with Crippen LogP contribution in [0.2, 0.25) is 0 Å². The van der Waals surface area contributed by atoms with Gasteiger partial charge in [-0.15, -0.1) is 0 Å². The third-order valence-corrected chi connectivity index (χ3v) is 4.26.